The molecule has 0 aromatic heterocycles. The standard InChI is InChI=1S/C5H6N2O2/c6-4-7-1-5(2-8)3-9/h1-4,6,8H/b5-2-,6-4?,7-1?. The third-order valence-electron chi connectivity index (χ3n) is 0.583. The monoisotopic (exact) mass is 126 g/mol. The maximum absolute atomic E-state index is 9.85. The van der Waals surface area contributed by atoms with E-state index in [1.807, 2.05) is 0 Å². The second kappa shape index (κ2) is 4.70. The number of aliphatic imine (C=N–C) groups is 1. The Hall–Kier alpha value is -1.45. The fourth-order valence-corrected chi connectivity index (χ4v) is 0.218. The molecule has 0 aromatic rings. The average molecular weight is 126 g/mol. The molecule has 0 fully saturated rings. The van der Waals surface area contributed by atoms with E-state index < -0.39 is 0 Å². The lowest BCUT2D eigenvalue weighted by molar-refractivity contribution is -0.104. The van der Waals surface area contributed by atoms with E-state index in [2.05, 4.69) is 4.99 Å². The SMILES string of the molecule is N=CN=C/C(C=O)=C/O. The van der Waals surface area contributed by atoms with Crippen molar-refractivity contribution < 1.29 is 9.90 Å². The van der Waals surface area contributed by atoms with Gasteiger partial charge in [0.25, 0.3) is 0 Å². The van der Waals surface area contributed by atoms with Gasteiger partial charge in [-0.15, -0.1) is 0 Å². The summed E-state index contributed by atoms with van der Waals surface area (Å²) in [6.45, 7) is 0. The fourth-order valence-electron chi connectivity index (χ4n) is 0.218. The van der Waals surface area contributed by atoms with Crippen molar-refractivity contribution in [1.82, 2.24) is 0 Å². The van der Waals surface area contributed by atoms with E-state index in [0.29, 0.717) is 12.5 Å². The minimum atomic E-state index is 0.0403. The molecule has 4 nitrogen and oxygen atoms in total. The van der Waals surface area contributed by atoms with Crippen LogP contribution < -0.4 is 0 Å². The van der Waals surface area contributed by atoms with Gasteiger partial charge in [-0.25, -0.2) is 4.99 Å². The number of hydrogen-bond donors (Lipinski definition) is 2. The van der Waals surface area contributed by atoms with Crippen LogP contribution >= 0.6 is 0 Å². The summed E-state index contributed by atoms with van der Waals surface area (Å²) in [5, 5.41) is 14.6. The van der Waals surface area contributed by atoms with Crippen molar-refractivity contribution in [3.63, 3.8) is 0 Å². The number of hydrogen-bond acceptors (Lipinski definition) is 3. The van der Waals surface area contributed by atoms with Crippen LogP contribution in [0.3, 0.4) is 0 Å². The van der Waals surface area contributed by atoms with Crippen LogP contribution in [-0.2, 0) is 4.79 Å². The number of nitrogens with one attached hydrogen (secondary N) is 1. The zero-order valence-corrected chi connectivity index (χ0v) is 4.61. The van der Waals surface area contributed by atoms with Crippen LogP contribution in [0.4, 0.5) is 0 Å². The third kappa shape index (κ3) is 3.16. The molecule has 0 aliphatic carbocycles. The second-order valence-corrected chi connectivity index (χ2v) is 1.15. The smallest absolute Gasteiger partial charge is 0.154 e. The van der Waals surface area contributed by atoms with Crippen molar-refractivity contribution >= 4 is 18.8 Å². The topological polar surface area (TPSA) is 73.5 Å². The second-order valence-electron chi connectivity index (χ2n) is 1.15. The normalized spacial score (nSPS) is 11.8. The molecule has 0 atom stereocenters. The summed E-state index contributed by atoms with van der Waals surface area (Å²) in [5.74, 6) is 0. The van der Waals surface area contributed by atoms with Gasteiger partial charge >= 0.3 is 0 Å². The molecule has 0 aliphatic heterocycles. The molecule has 4 heteroatoms. The molecule has 0 radical (unpaired) electrons. The van der Waals surface area contributed by atoms with Gasteiger partial charge in [0.1, 0.15) is 6.34 Å². The summed E-state index contributed by atoms with van der Waals surface area (Å²) in [6.07, 6.45) is 2.92. The van der Waals surface area contributed by atoms with E-state index in [4.69, 9.17) is 10.5 Å². The Morgan fingerprint density at radius 3 is 2.67 bits per heavy atom. The van der Waals surface area contributed by atoms with Crippen molar-refractivity contribution in [1.29, 1.82) is 5.41 Å². The van der Waals surface area contributed by atoms with Gasteiger partial charge in [0.05, 0.1) is 11.8 Å². The van der Waals surface area contributed by atoms with Gasteiger partial charge in [-0.2, -0.15) is 0 Å². The predicted molar refractivity (Wildman–Crippen MR) is 34.1 cm³/mol. The van der Waals surface area contributed by atoms with E-state index in [-0.39, 0.29) is 5.57 Å². The Morgan fingerprint density at radius 1 is 1.67 bits per heavy atom. The lowest BCUT2D eigenvalue weighted by Crippen LogP contribution is -1.85. The molecule has 0 rings (SSSR count). The Balaban J connectivity index is 3.99. The Morgan fingerprint density at radius 2 is 2.33 bits per heavy atom. The van der Waals surface area contributed by atoms with Gasteiger partial charge in [0.15, 0.2) is 6.29 Å². The van der Waals surface area contributed by atoms with Crippen molar-refractivity contribution in [2.24, 2.45) is 4.99 Å². The van der Waals surface area contributed by atoms with Gasteiger partial charge in [-0.05, 0) is 0 Å². The Labute approximate surface area is 52.0 Å². The van der Waals surface area contributed by atoms with Gasteiger partial charge in [-0.1, -0.05) is 0 Å². The molecular formula is C5H6N2O2. The fraction of sp³-hybridized carbons (Fsp3) is 0. The summed E-state index contributed by atoms with van der Waals surface area (Å²) in [4.78, 5) is 13.1. The van der Waals surface area contributed by atoms with E-state index in [0.717, 1.165) is 12.6 Å². The number of nitrogens with zero attached hydrogens (tertiary/aromatic N) is 1. The van der Waals surface area contributed by atoms with Crippen LogP contribution in [0.15, 0.2) is 16.8 Å². The average Bonchev–Trinajstić information content (AvgIpc) is 1.91. The molecule has 0 bridgehead atoms. The lowest BCUT2D eigenvalue weighted by atomic mass is 10.4. The zero-order valence-electron chi connectivity index (χ0n) is 4.61. The molecule has 0 saturated heterocycles. The van der Waals surface area contributed by atoms with E-state index in [1.54, 1.807) is 0 Å². The molecule has 0 unspecified atom stereocenters. The molecule has 0 spiro atoms. The molecule has 2 N–H and O–H groups in total. The number of carbonyl (C=O) groups is 1. The Kier molecular flexibility index (Phi) is 3.95. The number of aldehydes is 1. The highest BCUT2D eigenvalue weighted by Crippen LogP contribution is 1.79. The number of aliphatic hydroxyl groups is 1. The van der Waals surface area contributed by atoms with Crippen molar-refractivity contribution in [2.75, 3.05) is 0 Å². The third-order valence-corrected chi connectivity index (χ3v) is 0.583. The first kappa shape index (κ1) is 7.55. The van der Waals surface area contributed by atoms with E-state index >= 15 is 0 Å². The highest BCUT2D eigenvalue weighted by molar-refractivity contribution is 6.03. The maximum Gasteiger partial charge on any atom is 0.154 e. The maximum atomic E-state index is 9.85. The van der Waals surface area contributed by atoms with E-state index in [1.165, 1.54) is 0 Å². The summed E-state index contributed by atoms with van der Waals surface area (Å²) < 4.78 is 0. The van der Waals surface area contributed by atoms with Gasteiger partial charge in [0, 0.05) is 6.21 Å². The summed E-state index contributed by atoms with van der Waals surface area (Å²) in [6, 6.07) is 0. The number of aliphatic hydroxyl groups excluding tert-OH is 1. The van der Waals surface area contributed by atoms with Crippen molar-refractivity contribution in [3.8, 4) is 0 Å². The zero-order chi connectivity index (χ0) is 7.11. The first-order valence-corrected chi connectivity index (χ1v) is 2.16. The minimum absolute atomic E-state index is 0.0403. The molecule has 0 heterocycles. The summed E-state index contributed by atoms with van der Waals surface area (Å²) in [5.41, 5.74) is 0.0403. The van der Waals surface area contributed by atoms with Gasteiger partial charge in [0.2, 0.25) is 0 Å². The van der Waals surface area contributed by atoms with Gasteiger partial charge in [-0.3, -0.25) is 10.2 Å². The largest absolute Gasteiger partial charge is 0.515 e. The molecule has 0 aromatic carbocycles. The predicted octanol–water partition coefficient (Wildman–Crippen LogP) is 0.305. The van der Waals surface area contributed by atoms with Crippen LogP contribution in [0.5, 0.6) is 0 Å². The van der Waals surface area contributed by atoms with E-state index in [9.17, 15) is 4.79 Å². The number of carbonyl (C=O) groups excluding carboxylic acids is 1. The lowest BCUT2D eigenvalue weighted by Gasteiger charge is -1.79. The minimum Gasteiger partial charge on any atom is -0.515 e. The molecule has 0 aliphatic rings. The van der Waals surface area contributed by atoms with Crippen LogP contribution in [0.2, 0.25) is 0 Å². The number of rotatable bonds is 3. The van der Waals surface area contributed by atoms with Crippen LogP contribution in [0, 0.1) is 5.41 Å². The molecule has 9 heavy (non-hydrogen) atoms. The molecule has 0 saturated carbocycles. The molecular weight excluding hydrogens is 120 g/mol. The number of allylic oxidation sites excluding steroid dienone is 1. The van der Waals surface area contributed by atoms with Crippen LogP contribution in [-0.4, -0.2) is 23.9 Å². The quantitative estimate of drug-likeness (QED) is 0.188. The van der Waals surface area contributed by atoms with Crippen molar-refractivity contribution in [2.45, 2.75) is 0 Å². The molecule has 0 amide bonds. The highest BCUT2D eigenvalue weighted by Gasteiger charge is 1.84. The summed E-state index contributed by atoms with van der Waals surface area (Å²) in [7, 11) is 0. The molecule has 48 valence electrons. The van der Waals surface area contributed by atoms with Gasteiger partial charge < -0.3 is 5.11 Å². The first-order valence-electron chi connectivity index (χ1n) is 2.16. The van der Waals surface area contributed by atoms with Crippen molar-refractivity contribution in [3.05, 3.63) is 11.8 Å². The Bertz CT molecular complexity index is 160. The highest BCUT2D eigenvalue weighted by atomic mass is 16.2. The van der Waals surface area contributed by atoms with Crippen LogP contribution in [0.25, 0.3) is 0 Å². The first-order chi connectivity index (χ1) is 4.35. The van der Waals surface area contributed by atoms with Crippen LogP contribution in [0.1, 0.15) is 0 Å². The summed E-state index contributed by atoms with van der Waals surface area (Å²) >= 11 is 0.